The fourth-order valence-corrected chi connectivity index (χ4v) is 3.85. The van der Waals surface area contributed by atoms with Crippen LogP contribution in [-0.4, -0.2) is 41.4 Å². The number of nitrogens with zero attached hydrogens (tertiary/aromatic N) is 2. The van der Waals surface area contributed by atoms with E-state index in [2.05, 4.69) is 24.1 Å². The summed E-state index contributed by atoms with van der Waals surface area (Å²) in [6.45, 7) is 11.2. The molecule has 188 valence electrons. The number of nitrogens with one attached hydrogen (secondary N) is 1. The Bertz CT molecular complexity index is 902. The summed E-state index contributed by atoms with van der Waals surface area (Å²) in [7, 11) is 0. The van der Waals surface area contributed by atoms with E-state index in [1.54, 1.807) is 31.2 Å². The number of carbonyl (C=O) groups is 1. The third-order valence-electron chi connectivity index (χ3n) is 5.70. The molecule has 2 aromatic rings. The molecule has 0 aliphatic heterocycles. The molecule has 8 heteroatoms. The molecule has 1 heterocycles. The second-order valence-electron chi connectivity index (χ2n) is 8.85. The summed E-state index contributed by atoms with van der Waals surface area (Å²) in [5, 5.41) is 14.0. The smallest absolute Gasteiger partial charge is 0.287 e. The number of aryl methyl sites for hydroxylation is 1. The monoisotopic (exact) mass is 473 g/mol. The third-order valence-corrected chi connectivity index (χ3v) is 5.70. The van der Waals surface area contributed by atoms with Crippen molar-refractivity contribution < 1.29 is 18.9 Å². The molecule has 0 spiro atoms. The largest absolute Gasteiger partial charge is 0.486 e. The molecule has 1 N–H and O–H groups in total. The van der Waals surface area contributed by atoms with Crippen LogP contribution in [0.3, 0.4) is 0 Å². The number of rotatable bonds is 16. The number of furan rings is 1. The summed E-state index contributed by atoms with van der Waals surface area (Å²) in [4.78, 5) is 25.6. The van der Waals surface area contributed by atoms with Crippen molar-refractivity contribution in [3.05, 3.63) is 57.5 Å². The molecule has 1 amide bonds. The zero-order valence-electron chi connectivity index (χ0n) is 21.0. The maximum absolute atomic E-state index is 12.7. The number of amides is 1. The predicted molar refractivity (Wildman–Crippen MR) is 133 cm³/mol. The van der Waals surface area contributed by atoms with E-state index in [1.165, 1.54) is 44.6 Å². The van der Waals surface area contributed by atoms with E-state index in [0.717, 1.165) is 19.6 Å². The minimum absolute atomic E-state index is 0.00337. The van der Waals surface area contributed by atoms with E-state index in [4.69, 9.17) is 9.15 Å². The summed E-state index contributed by atoms with van der Waals surface area (Å²) < 4.78 is 11.3. The minimum atomic E-state index is -0.423. The quantitative estimate of drug-likeness (QED) is 0.186. The van der Waals surface area contributed by atoms with Gasteiger partial charge in [-0.15, -0.1) is 0 Å². The highest BCUT2D eigenvalue weighted by atomic mass is 16.6. The van der Waals surface area contributed by atoms with Gasteiger partial charge in [0.15, 0.2) is 5.76 Å². The Balaban J connectivity index is 1.86. The summed E-state index contributed by atoms with van der Waals surface area (Å²) in [5.41, 5.74) is 0.571. The number of nitro groups is 1. The first-order chi connectivity index (χ1) is 16.3. The van der Waals surface area contributed by atoms with E-state index in [0.29, 0.717) is 17.1 Å². The van der Waals surface area contributed by atoms with Gasteiger partial charge < -0.3 is 19.4 Å². The Morgan fingerprint density at radius 3 is 2.38 bits per heavy atom. The van der Waals surface area contributed by atoms with E-state index in [9.17, 15) is 14.9 Å². The normalized spacial score (nSPS) is 12.0. The summed E-state index contributed by atoms with van der Waals surface area (Å²) >= 11 is 0. The van der Waals surface area contributed by atoms with E-state index in [1.807, 2.05) is 6.92 Å². The first-order valence-corrected chi connectivity index (χ1v) is 12.3. The van der Waals surface area contributed by atoms with Crippen LogP contribution in [0, 0.1) is 17.0 Å². The Morgan fingerprint density at radius 1 is 1.12 bits per heavy atom. The van der Waals surface area contributed by atoms with Crippen LogP contribution in [0.5, 0.6) is 5.75 Å². The van der Waals surface area contributed by atoms with Crippen molar-refractivity contribution in [3.63, 3.8) is 0 Å². The zero-order valence-corrected chi connectivity index (χ0v) is 21.0. The Morgan fingerprint density at radius 2 is 1.79 bits per heavy atom. The van der Waals surface area contributed by atoms with Crippen LogP contribution in [0.25, 0.3) is 0 Å². The fraction of sp³-hybridized carbons (Fsp3) is 0.577. The van der Waals surface area contributed by atoms with Crippen molar-refractivity contribution in [3.8, 4) is 5.75 Å². The third kappa shape index (κ3) is 9.17. The van der Waals surface area contributed by atoms with Crippen molar-refractivity contribution in [1.29, 1.82) is 0 Å². The number of carbonyl (C=O) groups excluding carboxylic acids is 1. The summed E-state index contributed by atoms with van der Waals surface area (Å²) in [6, 6.07) is 7.94. The summed E-state index contributed by atoms with van der Waals surface area (Å²) in [5.74, 6) is 1.01. The van der Waals surface area contributed by atoms with Gasteiger partial charge >= 0.3 is 0 Å². The first kappa shape index (κ1) is 27.4. The van der Waals surface area contributed by atoms with Gasteiger partial charge in [-0.1, -0.05) is 39.5 Å². The first-order valence-electron chi connectivity index (χ1n) is 12.3. The van der Waals surface area contributed by atoms with Gasteiger partial charge in [0.2, 0.25) is 0 Å². The molecule has 1 aromatic carbocycles. The minimum Gasteiger partial charge on any atom is -0.486 e. The van der Waals surface area contributed by atoms with Crippen LogP contribution in [0.2, 0.25) is 0 Å². The van der Waals surface area contributed by atoms with Gasteiger partial charge in [-0.2, -0.15) is 0 Å². The van der Waals surface area contributed by atoms with Gasteiger partial charge in [0.25, 0.3) is 11.6 Å². The standard InChI is InChI=1S/C26H39N3O5/c1-5-7-9-15-28(16-10-8-6-2)18-21(4)27-26(30)25-14-12-23(34-25)19-33-22-11-13-24(29(31)32)20(3)17-22/h11-14,17,21H,5-10,15-16,18-19H2,1-4H3,(H,27,30). The van der Waals surface area contributed by atoms with Crippen molar-refractivity contribution in [2.75, 3.05) is 19.6 Å². The number of unbranched alkanes of at least 4 members (excludes halogenated alkanes) is 4. The molecule has 1 atom stereocenters. The second kappa shape index (κ2) is 14.4. The molecule has 1 aromatic heterocycles. The number of nitro benzene ring substituents is 1. The highest BCUT2D eigenvalue weighted by Crippen LogP contribution is 2.24. The highest BCUT2D eigenvalue weighted by Gasteiger charge is 2.17. The van der Waals surface area contributed by atoms with Gasteiger partial charge in [-0.05, 0) is 64.0 Å². The Labute approximate surface area is 202 Å². The van der Waals surface area contributed by atoms with Crippen molar-refractivity contribution >= 4 is 11.6 Å². The lowest BCUT2D eigenvalue weighted by atomic mass is 10.2. The molecule has 0 aliphatic rings. The van der Waals surface area contributed by atoms with Crippen molar-refractivity contribution in [2.24, 2.45) is 0 Å². The number of hydrogen-bond donors (Lipinski definition) is 1. The molecule has 0 saturated carbocycles. The van der Waals surface area contributed by atoms with Gasteiger partial charge in [0.1, 0.15) is 18.1 Å². The average molecular weight is 474 g/mol. The molecular formula is C26H39N3O5. The Hall–Kier alpha value is -2.87. The van der Waals surface area contributed by atoms with E-state index < -0.39 is 4.92 Å². The van der Waals surface area contributed by atoms with E-state index >= 15 is 0 Å². The predicted octanol–water partition coefficient (Wildman–Crippen LogP) is 5.88. The van der Waals surface area contributed by atoms with Gasteiger partial charge in [0, 0.05) is 24.2 Å². The van der Waals surface area contributed by atoms with Crippen molar-refractivity contribution in [1.82, 2.24) is 10.2 Å². The van der Waals surface area contributed by atoms with Crippen LogP contribution in [0.15, 0.2) is 34.7 Å². The van der Waals surface area contributed by atoms with Crippen molar-refractivity contribution in [2.45, 2.75) is 78.9 Å². The SMILES string of the molecule is CCCCCN(CCCCC)CC(C)NC(=O)c1ccc(COc2ccc([N+](=O)[O-])c(C)c2)o1. The summed E-state index contributed by atoms with van der Waals surface area (Å²) in [6.07, 6.45) is 7.20. The lowest BCUT2D eigenvalue weighted by molar-refractivity contribution is -0.385. The number of ether oxygens (including phenoxy) is 1. The van der Waals surface area contributed by atoms with Gasteiger partial charge in [-0.3, -0.25) is 14.9 Å². The number of hydrogen-bond acceptors (Lipinski definition) is 6. The van der Waals surface area contributed by atoms with E-state index in [-0.39, 0.29) is 30.0 Å². The molecule has 8 nitrogen and oxygen atoms in total. The topological polar surface area (TPSA) is 97.9 Å². The second-order valence-corrected chi connectivity index (χ2v) is 8.85. The van der Waals surface area contributed by atoms with Crippen LogP contribution in [0.1, 0.15) is 81.2 Å². The molecule has 0 fully saturated rings. The highest BCUT2D eigenvalue weighted by molar-refractivity contribution is 5.91. The van der Waals surface area contributed by atoms with Crippen LogP contribution < -0.4 is 10.1 Å². The van der Waals surface area contributed by atoms with Crippen LogP contribution >= 0.6 is 0 Å². The molecule has 1 unspecified atom stereocenters. The number of benzene rings is 1. The molecular weight excluding hydrogens is 434 g/mol. The maximum Gasteiger partial charge on any atom is 0.287 e. The molecule has 0 aliphatic carbocycles. The lowest BCUT2D eigenvalue weighted by Crippen LogP contribution is -2.42. The van der Waals surface area contributed by atoms with Crippen LogP contribution in [-0.2, 0) is 6.61 Å². The zero-order chi connectivity index (χ0) is 24.9. The average Bonchev–Trinajstić information content (AvgIpc) is 3.27. The van der Waals surface area contributed by atoms with Gasteiger partial charge in [-0.25, -0.2) is 0 Å². The molecule has 2 rings (SSSR count). The Kier molecular flexibility index (Phi) is 11.6. The van der Waals surface area contributed by atoms with Gasteiger partial charge in [0.05, 0.1) is 4.92 Å². The van der Waals surface area contributed by atoms with Crippen LogP contribution in [0.4, 0.5) is 5.69 Å². The maximum atomic E-state index is 12.7. The molecule has 34 heavy (non-hydrogen) atoms. The molecule has 0 saturated heterocycles. The fourth-order valence-electron chi connectivity index (χ4n) is 3.85. The molecule has 0 radical (unpaired) electrons. The lowest BCUT2D eigenvalue weighted by Gasteiger charge is -2.26. The molecule has 0 bridgehead atoms.